The lowest BCUT2D eigenvalue weighted by Gasteiger charge is -2.13. The highest BCUT2D eigenvalue weighted by atomic mass is 32.2. The summed E-state index contributed by atoms with van der Waals surface area (Å²) in [5.41, 5.74) is 1.14. The molecule has 0 atom stereocenters. The van der Waals surface area contributed by atoms with Crippen molar-refractivity contribution in [1.82, 2.24) is 0 Å². The van der Waals surface area contributed by atoms with Gasteiger partial charge in [-0.15, -0.1) is 0 Å². The summed E-state index contributed by atoms with van der Waals surface area (Å²) in [5.74, 6) is 0. The molecule has 0 aliphatic carbocycles. The van der Waals surface area contributed by atoms with Crippen molar-refractivity contribution < 1.29 is 14.2 Å². The molecule has 0 saturated carbocycles. The van der Waals surface area contributed by atoms with E-state index >= 15 is 0 Å². The summed E-state index contributed by atoms with van der Waals surface area (Å²) >= 11 is 3.24. The van der Waals surface area contributed by atoms with E-state index in [1.165, 1.54) is 4.24 Å². The molecule has 0 radical (unpaired) electrons. The zero-order valence-electron chi connectivity index (χ0n) is 7.76. The second kappa shape index (κ2) is 3.90. The van der Waals surface area contributed by atoms with Gasteiger partial charge in [0.15, 0.2) is 0 Å². The van der Waals surface area contributed by atoms with Crippen molar-refractivity contribution in [2.75, 3.05) is 13.2 Å². The van der Waals surface area contributed by atoms with E-state index in [2.05, 4.69) is 0 Å². The number of hydrogen-bond acceptors (Lipinski definition) is 5. The van der Waals surface area contributed by atoms with Crippen molar-refractivity contribution in [2.24, 2.45) is 0 Å². The number of allylic oxidation sites excluding steroid dienone is 3. The second-order valence-electron chi connectivity index (χ2n) is 2.96. The molecule has 0 bridgehead atoms. The molecule has 0 unspecified atom stereocenters. The molecular weight excluding hydrogens is 232 g/mol. The fourth-order valence-corrected chi connectivity index (χ4v) is 3.58. The van der Waals surface area contributed by atoms with E-state index in [1.54, 1.807) is 36.0 Å². The molecule has 0 aromatic heterocycles. The third-order valence-electron chi connectivity index (χ3n) is 1.98. The van der Waals surface area contributed by atoms with E-state index < -0.39 is 0 Å². The molecule has 0 aromatic carbocycles. The van der Waals surface area contributed by atoms with Crippen LogP contribution >= 0.6 is 23.5 Å². The number of hydrogen-bond donors (Lipinski definition) is 0. The van der Waals surface area contributed by atoms with Crippen LogP contribution in [-0.2, 0) is 14.2 Å². The Hall–Kier alpha value is -0.940. The van der Waals surface area contributed by atoms with E-state index in [0.29, 0.717) is 13.2 Å². The Morgan fingerprint density at radius 1 is 0.933 bits per heavy atom. The molecule has 0 saturated heterocycles. The Bertz CT molecular complexity index is 373. The summed E-state index contributed by atoms with van der Waals surface area (Å²) in [6, 6.07) is 0. The minimum absolute atomic E-state index is 0.643. The zero-order chi connectivity index (χ0) is 10.1. The molecule has 0 fully saturated rings. The van der Waals surface area contributed by atoms with Crippen molar-refractivity contribution in [3.63, 3.8) is 0 Å². The van der Waals surface area contributed by atoms with Gasteiger partial charge >= 0.3 is 0 Å². The minimum atomic E-state index is 0.643. The maximum Gasteiger partial charge on any atom is 0.208 e. The van der Waals surface area contributed by atoms with E-state index in [9.17, 15) is 0 Å². The molecule has 3 aliphatic heterocycles. The third-order valence-corrected chi connectivity index (χ3v) is 4.42. The number of ether oxygens (including phenoxy) is 3. The first kappa shape index (κ1) is 9.30. The van der Waals surface area contributed by atoms with Crippen LogP contribution in [0.4, 0.5) is 0 Å². The first-order chi connectivity index (χ1) is 7.43. The average molecular weight is 240 g/mol. The van der Waals surface area contributed by atoms with Crippen LogP contribution in [0.5, 0.6) is 0 Å². The van der Waals surface area contributed by atoms with Crippen LogP contribution in [0.15, 0.2) is 44.7 Å². The summed E-state index contributed by atoms with van der Waals surface area (Å²) < 4.78 is 17.2. The summed E-state index contributed by atoms with van der Waals surface area (Å²) in [5, 5.41) is 1.78. The van der Waals surface area contributed by atoms with Gasteiger partial charge in [0.05, 0.1) is 16.8 Å². The van der Waals surface area contributed by atoms with Gasteiger partial charge in [-0.2, -0.15) is 0 Å². The standard InChI is InChI=1S/C10H8O3S2/c1-3-11-4-2-7(1)10-14-8-9(15-10)13-6-5-12-8/h1-4H,5-6H2. The highest BCUT2D eigenvalue weighted by Crippen LogP contribution is 2.52. The Labute approximate surface area is 95.8 Å². The quantitative estimate of drug-likeness (QED) is 0.649. The lowest BCUT2D eigenvalue weighted by Crippen LogP contribution is -2.08. The fraction of sp³-hybridized carbons (Fsp3) is 0.200. The topological polar surface area (TPSA) is 27.7 Å². The van der Waals surface area contributed by atoms with E-state index in [-0.39, 0.29) is 0 Å². The maximum atomic E-state index is 5.51. The highest BCUT2D eigenvalue weighted by molar-refractivity contribution is 8.28. The van der Waals surface area contributed by atoms with Gasteiger partial charge < -0.3 is 14.2 Å². The fourth-order valence-electron chi connectivity index (χ4n) is 1.30. The Balaban J connectivity index is 1.85. The lowest BCUT2D eigenvalue weighted by atomic mass is 10.3. The lowest BCUT2D eigenvalue weighted by molar-refractivity contribution is 0.0949. The van der Waals surface area contributed by atoms with Gasteiger partial charge in [0, 0.05) is 5.57 Å². The maximum absolute atomic E-state index is 5.51. The first-order valence-electron chi connectivity index (χ1n) is 4.52. The normalized spacial score (nSPS) is 23.5. The van der Waals surface area contributed by atoms with Gasteiger partial charge in [-0.3, -0.25) is 0 Å². The Kier molecular flexibility index (Phi) is 2.42. The molecule has 78 valence electrons. The highest BCUT2D eigenvalue weighted by Gasteiger charge is 2.28. The molecule has 0 aromatic rings. The molecule has 3 nitrogen and oxygen atoms in total. The van der Waals surface area contributed by atoms with E-state index in [1.807, 2.05) is 12.2 Å². The zero-order valence-corrected chi connectivity index (χ0v) is 9.40. The predicted octanol–water partition coefficient (Wildman–Crippen LogP) is 2.91. The van der Waals surface area contributed by atoms with Crippen molar-refractivity contribution in [3.05, 3.63) is 44.7 Å². The monoisotopic (exact) mass is 240 g/mol. The largest absolute Gasteiger partial charge is 0.480 e. The van der Waals surface area contributed by atoms with Gasteiger partial charge in [-0.05, 0) is 35.7 Å². The molecule has 0 spiro atoms. The van der Waals surface area contributed by atoms with Gasteiger partial charge in [0.2, 0.25) is 10.2 Å². The van der Waals surface area contributed by atoms with Gasteiger partial charge in [0.1, 0.15) is 13.2 Å². The summed E-state index contributed by atoms with van der Waals surface area (Å²) in [4.78, 5) is 0. The Morgan fingerprint density at radius 3 is 2.13 bits per heavy atom. The van der Waals surface area contributed by atoms with E-state index in [0.717, 1.165) is 15.8 Å². The van der Waals surface area contributed by atoms with Crippen LogP contribution in [0.3, 0.4) is 0 Å². The molecule has 3 rings (SSSR count). The van der Waals surface area contributed by atoms with Crippen LogP contribution in [0, 0.1) is 0 Å². The van der Waals surface area contributed by atoms with Crippen molar-refractivity contribution in [1.29, 1.82) is 0 Å². The van der Waals surface area contributed by atoms with Crippen LogP contribution < -0.4 is 0 Å². The predicted molar refractivity (Wildman–Crippen MR) is 60.5 cm³/mol. The summed E-state index contributed by atoms with van der Waals surface area (Å²) in [7, 11) is 0. The second-order valence-corrected chi connectivity index (χ2v) is 5.19. The molecular formula is C10H8O3S2. The summed E-state index contributed by atoms with van der Waals surface area (Å²) in [6.45, 7) is 1.29. The molecule has 15 heavy (non-hydrogen) atoms. The van der Waals surface area contributed by atoms with Gasteiger partial charge in [0.25, 0.3) is 0 Å². The Morgan fingerprint density at radius 2 is 1.53 bits per heavy atom. The van der Waals surface area contributed by atoms with Crippen LogP contribution in [0.25, 0.3) is 0 Å². The first-order valence-corrected chi connectivity index (χ1v) is 6.15. The van der Waals surface area contributed by atoms with Gasteiger partial charge in [-0.1, -0.05) is 0 Å². The minimum Gasteiger partial charge on any atom is -0.480 e. The van der Waals surface area contributed by atoms with Crippen molar-refractivity contribution in [3.8, 4) is 0 Å². The SMILES string of the molecule is C1=CC(=C2SC3=C(OCCO3)S2)C=CO1. The smallest absolute Gasteiger partial charge is 0.208 e. The molecule has 5 heteroatoms. The molecule has 0 amide bonds. The molecule has 3 heterocycles. The number of thioether (sulfide) groups is 2. The van der Waals surface area contributed by atoms with E-state index in [4.69, 9.17) is 14.2 Å². The summed E-state index contributed by atoms with van der Waals surface area (Å²) in [6.07, 6.45) is 7.21. The average Bonchev–Trinajstić information content (AvgIpc) is 2.74. The number of rotatable bonds is 0. The third kappa shape index (κ3) is 1.77. The molecule has 0 N–H and O–H groups in total. The van der Waals surface area contributed by atoms with Crippen molar-refractivity contribution in [2.45, 2.75) is 0 Å². The van der Waals surface area contributed by atoms with Crippen LogP contribution in [-0.4, -0.2) is 13.2 Å². The van der Waals surface area contributed by atoms with Gasteiger partial charge in [-0.25, -0.2) is 0 Å². The van der Waals surface area contributed by atoms with Crippen molar-refractivity contribution >= 4 is 23.5 Å². The van der Waals surface area contributed by atoms with Crippen LogP contribution in [0.1, 0.15) is 0 Å². The molecule has 3 aliphatic rings. The van der Waals surface area contributed by atoms with Crippen LogP contribution in [0.2, 0.25) is 0 Å².